The van der Waals surface area contributed by atoms with Crippen molar-refractivity contribution in [2.45, 2.75) is 147 Å². The van der Waals surface area contributed by atoms with Gasteiger partial charge in [-0.05, 0) is 131 Å². The van der Waals surface area contributed by atoms with E-state index in [1.807, 2.05) is 9.62 Å². The molecule has 11 rings (SSSR count). The predicted molar refractivity (Wildman–Crippen MR) is 290 cm³/mol. The number of nitrogens with one attached hydrogen (secondary N) is 2. The molecule has 2 N–H and O–H groups in total. The van der Waals surface area contributed by atoms with Gasteiger partial charge in [0.15, 0.2) is 21.7 Å². The van der Waals surface area contributed by atoms with Crippen LogP contribution in [0.2, 0.25) is 5.15 Å². The van der Waals surface area contributed by atoms with Gasteiger partial charge in [-0.15, -0.1) is 10.2 Å². The third-order valence-electron chi connectivity index (χ3n) is 15.5. The molecule has 3 aliphatic carbocycles. The van der Waals surface area contributed by atoms with Gasteiger partial charge in [0.2, 0.25) is 11.8 Å². The number of halogens is 1. The van der Waals surface area contributed by atoms with E-state index in [0.717, 1.165) is 32.1 Å². The standard InChI is InChI=1S/C27H35ClN6O5S.C26H33N7O5S/c1-26(2)9-6-19(18-26)38-17-15-33-13-8-23(31-33)40(36,37)32-25(35)20-4-5-21(29-24(20)28)34-14-7-22(30-34)39-16-12-27(3)10-11-27;1-25(2)16-18-17-32(25)23-19(24(34)30-39(35,36)22-7-11-31(29-22)13-15-37-18)4-5-20(27-23)33-12-6-21(28-33)38-14-10-26(3)8-9-26/h4-5,7-8,13-14,19H,6,9-12,15-18H2,1-3H3,(H,32,35);4-7,11-12,18H,8-10,13-17H2,1-3H3,(H,30,34). The first-order valence-corrected chi connectivity index (χ1v) is 30.0. The van der Waals surface area contributed by atoms with Crippen LogP contribution in [-0.2, 0) is 42.6 Å². The maximum atomic E-state index is 13.4. The number of carbonyl (C=O) groups excluding carboxylic acids is 2. The predicted octanol–water partition coefficient (Wildman–Crippen LogP) is 6.94. The van der Waals surface area contributed by atoms with Gasteiger partial charge in [-0.2, -0.15) is 27.0 Å². The maximum absolute atomic E-state index is 13.4. The van der Waals surface area contributed by atoms with Crippen molar-refractivity contribution in [2.24, 2.45) is 16.2 Å². The number of aromatic nitrogens is 10. The molecule has 4 fully saturated rings. The van der Waals surface area contributed by atoms with Gasteiger partial charge in [0.25, 0.3) is 31.9 Å². The van der Waals surface area contributed by atoms with Crippen molar-refractivity contribution in [3.05, 3.63) is 89.6 Å². The van der Waals surface area contributed by atoms with Gasteiger partial charge < -0.3 is 23.8 Å². The van der Waals surface area contributed by atoms with E-state index in [2.05, 4.69) is 71.6 Å². The minimum absolute atomic E-state index is 0.0948. The third kappa shape index (κ3) is 13.6. The van der Waals surface area contributed by atoms with E-state index in [9.17, 15) is 26.4 Å². The number of amides is 2. The Morgan fingerprint density at radius 1 is 0.797 bits per heavy atom. The number of rotatable bonds is 17. The molecule has 26 heteroatoms. The van der Waals surface area contributed by atoms with Crippen LogP contribution in [0.1, 0.15) is 126 Å². The molecular weight excluding hydrogens is 1080 g/mol. The molecule has 6 aromatic heterocycles. The normalized spacial score (nSPS) is 21.2. The van der Waals surface area contributed by atoms with Gasteiger partial charge in [-0.1, -0.05) is 39.3 Å². The van der Waals surface area contributed by atoms with Crippen molar-refractivity contribution in [1.29, 1.82) is 0 Å². The Hall–Kier alpha value is -6.41. The second-order valence-electron chi connectivity index (χ2n) is 23.3. The van der Waals surface area contributed by atoms with Crippen LogP contribution >= 0.6 is 11.6 Å². The number of anilines is 1. The number of ether oxygens (including phenoxy) is 4. The lowest BCUT2D eigenvalue weighted by atomic mass is 9.92. The van der Waals surface area contributed by atoms with E-state index in [4.69, 9.17) is 35.5 Å². The Balaban J connectivity index is 0.000000178. The lowest BCUT2D eigenvalue weighted by molar-refractivity contribution is 0.0447. The van der Waals surface area contributed by atoms with E-state index in [-0.39, 0.29) is 38.5 Å². The van der Waals surface area contributed by atoms with Crippen molar-refractivity contribution < 1.29 is 45.4 Å². The molecule has 3 saturated carbocycles. The molecule has 0 aromatic carbocycles. The number of hydrogen-bond donors (Lipinski definition) is 2. The number of hydrogen-bond acceptors (Lipinski definition) is 17. The molecule has 5 aliphatic rings. The molecule has 4 bridgehead atoms. The lowest BCUT2D eigenvalue weighted by Gasteiger charge is -2.33. The molecule has 0 radical (unpaired) electrons. The monoisotopic (exact) mass is 1150 g/mol. The van der Waals surface area contributed by atoms with Crippen LogP contribution in [0, 0.1) is 16.2 Å². The van der Waals surface area contributed by atoms with E-state index >= 15 is 0 Å². The largest absolute Gasteiger partial charge is 0.477 e. The summed E-state index contributed by atoms with van der Waals surface area (Å²) < 4.78 is 85.4. The topological polar surface area (TPSA) is 264 Å². The zero-order valence-corrected chi connectivity index (χ0v) is 47.7. The van der Waals surface area contributed by atoms with Gasteiger partial charge in [0.1, 0.15) is 11.0 Å². The summed E-state index contributed by atoms with van der Waals surface area (Å²) in [5.41, 5.74) is 0.713. The van der Waals surface area contributed by atoms with Crippen LogP contribution in [0.3, 0.4) is 0 Å². The average molecular weight is 1150 g/mol. The fourth-order valence-electron chi connectivity index (χ4n) is 9.91. The summed E-state index contributed by atoms with van der Waals surface area (Å²) in [4.78, 5) is 37.2. The van der Waals surface area contributed by atoms with Crippen molar-refractivity contribution in [2.75, 3.05) is 37.9 Å². The van der Waals surface area contributed by atoms with Gasteiger partial charge >= 0.3 is 0 Å². The Morgan fingerprint density at radius 3 is 2.09 bits per heavy atom. The van der Waals surface area contributed by atoms with Crippen LogP contribution in [0.4, 0.5) is 5.82 Å². The third-order valence-corrected chi connectivity index (χ3v) is 18.2. The minimum Gasteiger partial charge on any atom is -0.477 e. The second kappa shape index (κ2) is 21.9. The highest BCUT2D eigenvalue weighted by Crippen LogP contribution is 2.48. The molecular formula is C53H68ClN13O10S2. The molecule has 79 heavy (non-hydrogen) atoms. The Labute approximate surface area is 464 Å². The lowest BCUT2D eigenvalue weighted by Crippen LogP contribution is -2.41. The summed E-state index contributed by atoms with van der Waals surface area (Å²) >= 11 is 6.26. The number of nitrogens with zero attached hydrogens (tertiary/aromatic N) is 11. The quantitative estimate of drug-likeness (QED) is 0.0876. The highest BCUT2D eigenvalue weighted by molar-refractivity contribution is 7.90. The molecule has 0 spiro atoms. The Morgan fingerprint density at radius 2 is 1.46 bits per heavy atom. The van der Waals surface area contributed by atoms with Crippen LogP contribution < -0.4 is 23.8 Å². The maximum Gasteiger partial charge on any atom is 0.283 e. The SMILES string of the molecule is CC1(C)CCC(OCCn2ccc(S(=O)(=O)NC(=O)c3ccc(-n4ccc(OCCC5(C)CC5)n4)nc3Cl)n2)C1.CC1(CCOc2ccn(-c3ccc4c(n3)N3CC(CC3(C)C)OCCn3ccc(n3)S(=O)(=O)NC4=O)n2)CC1. The van der Waals surface area contributed by atoms with Crippen molar-refractivity contribution in [3.63, 3.8) is 0 Å². The molecule has 2 unspecified atom stereocenters. The zero-order valence-electron chi connectivity index (χ0n) is 45.3. The number of carbonyl (C=O) groups is 2. The van der Waals surface area contributed by atoms with Crippen molar-refractivity contribution in [1.82, 2.24) is 58.5 Å². The molecule has 2 aliphatic heterocycles. The Kier molecular flexibility index (Phi) is 15.5. The van der Waals surface area contributed by atoms with Crippen LogP contribution in [-0.4, -0.2) is 128 Å². The fourth-order valence-corrected chi connectivity index (χ4v) is 12.0. The van der Waals surface area contributed by atoms with Crippen molar-refractivity contribution in [3.8, 4) is 23.4 Å². The van der Waals surface area contributed by atoms with Crippen LogP contribution in [0.15, 0.2) is 83.4 Å². The van der Waals surface area contributed by atoms with Crippen molar-refractivity contribution >= 4 is 49.3 Å². The first-order chi connectivity index (χ1) is 37.4. The first kappa shape index (κ1) is 55.9. The van der Waals surface area contributed by atoms with E-state index in [1.165, 1.54) is 64.0 Å². The molecule has 23 nitrogen and oxygen atoms in total. The summed E-state index contributed by atoms with van der Waals surface area (Å²) in [5, 5.41) is 16.4. The van der Waals surface area contributed by atoms with Crippen LogP contribution in [0.25, 0.3) is 11.6 Å². The van der Waals surface area contributed by atoms with E-state index < -0.39 is 37.4 Å². The molecule has 2 atom stereocenters. The molecule has 424 valence electrons. The number of fused-ring (bicyclic) bond motifs is 6. The molecule has 2 amide bonds. The first-order valence-electron chi connectivity index (χ1n) is 26.7. The van der Waals surface area contributed by atoms with Gasteiger partial charge in [-0.25, -0.2) is 28.8 Å². The van der Waals surface area contributed by atoms with E-state index in [0.29, 0.717) is 97.9 Å². The summed E-state index contributed by atoms with van der Waals surface area (Å²) in [6, 6.07) is 12.3. The minimum atomic E-state index is -4.23. The average Bonchev–Trinajstić information content (AvgIpc) is 3.89. The zero-order chi connectivity index (χ0) is 56.0. The number of sulfonamides is 2. The fraction of sp³-hybridized carbons (Fsp3) is 0.547. The molecule has 6 aromatic rings. The van der Waals surface area contributed by atoms with Gasteiger partial charge in [0, 0.05) is 49.0 Å². The van der Waals surface area contributed by atoms with Crippen LogP contribution in [0.5, 0.6) is 11.8 Å². The Bertz CT molecular complexity index is 3440. The smallest absolute Gasteiger partial charge is 0.283 e. The molecule has 1 saturated heterocycles. The number of pyridine rings is 2. The summed E-state index contributed by atoms with van der Waals surface area (Å²) in [5.74, 6) is 0.461. The second-order valence-corrected chi connectivity index (χ2v) is 26.9. The summed E-state index contributed by atoms with van der Waals surface area (Å²) in [6.07, 6.45) is 17.4. The highest BCUT2D eigenvalue weighted by Gasteiger charge is 2.42. The highest BCUT2D eigenvalue weighted by atomic mass is 35.5. The summed E-state index contributed by atoms with van der Waals surface area (Å²) in [6.45, 7) is 16.3. The summed E-state index contributed by atoms with van der Waals surface area (Å²) in [7, 11) is -8.41. The molecule has 8 heterocycles. The van der Waals surface area contributed by atoms with Gasteiger partial charge in [-0.3, -0.25) is 19.0 Å². The van der Waals surface area contributed by atoms with E-state index in [1.54, 1.807) is 53.7 Å². The van der Waals surface area contributed by atoms with Gasteiger partial charge in [0.05, 0.1) is 62.9 Å².